The summed E-state index contributed by atoms with van der Waals surface area (Å²) in [6.45, 7) is 2.01. The molecule has 0 bridgehead atoms. The van der Waals surface area contributed by atoms with Gasteiger partial charge in [0.15, 0.2) is 0 Å². The second kappa shape index (κ2) is 8.00. The van der Waals surface area contributed by atoms with Crippen LogP contribution in [0, 0.1) is 0 Å². The summed E-state index contributed by atoms with van der Waals surface area (Å²) in [5.74, 6) is -0.0866. The lowest BCUT2D eigenvalue weighted by molar-refractivity contribution is -0.119. The SMILES string of the molecule is CC(=O)NC(Cc1cccc(CN)c1)c1nnc(-c2ccccc2)s1. The average molecular weight is 352 g/mol. The van der Waals surface area contributed by atoms with Gasteiger partial charge in [-0.2, -0.15) is 0 Å². The van der Waals surface area contributed by atoms with Crippen molar-refractivity contribution in [3.63, 3.8) is 0 Å². The first-order valence-electron chi connectivity index (χ1n) is 8.09. The van der Waals surface area contributed by atoms with E-state index in [0.29, 0.717) is 13.0 Å². The number of hydrogen-bond acceptors (Lipinski definition) is 5. The van der Waals surface area contributed by atoms with E-state index in [9.17, 15) is 4.79 Å². The van der Waals surface area contributed by atoms with Gasteiger partial charge in [0, 0.05) is 19.0 Å². The van der Waals surface area contributed by atoms with Gasteiger partial charge in [-0.15, -0.1) is 10.2 Å². The molecule has 25 heavy (non-hydrogen) atoms. The summed E-state index contributed by atoms with van der Waals surface area (Å²) in [6.07, 6.45) is 0.650. The van der Waals surface area contributed by atoms with E-state index in [1.165, 1.54) is 18.3 Å². The summed E-state index contributed by atoms with van der Waals surface area (Å²) in [7, 11) is 0. The topological polar surface area (TPSA) is 80.9 Å². The van der Waals surface area contributed by atoms with E-state index in [1.807, 2.05) is 48.5 Å². The minimum absolute atomic E-state index is 0.0866. The Bertz CT molecular complexity index is 847. The lowest BCUT2D eigenvalue weighted by Gasteiger charge is -2.15. The molecule has 1 heterocycles. The Morgan fingerprint density at radius 2 is 1.88 bits per heavy atom. The third kappa shape index (κ3) is 4.49. The van der Waals surface area contributed by atoms with Gasteiger partial charge in [-0.05, 0) is 17.5 Å². The zero-order valence-corrected chi connectivity index (χ0v) is 14.8. The Kier molecular flexibility index (Phi) is 5.53. The highest BCUT2D eigenvalue weighted by molar-refractivity contribution is 7.14. The Balaban J connectivity index is 1.85. The minimum Gasteiger partial charge on any atom is -0.347 e. The molecule has 128 valence electrons. The molecule has 0 aliphatic carbocycles. The van der Waals surface area contributed by atoms with Crippen LogP contribution in [-0.4, -0.2) is 16.1 Å². The third-order valence-electron chi connectivity index (χ3n) is 3.80. The largest absolute Gasteiger partial charge is 0.347 e. The van der Waals surface area contributed by atoms with Crippen molar-refractivity contribution in [1.29, 1.82) is 0 Å². The monoisotopic (exact) mass is 352 g/mol. The van der Waals surface area contributed by atoms with Crippen LogP contribution in [-0.2, 0) is 17.8 Å². The maximum Gasteiger partial charge on any atom is 0.217 e. The molecular weight excluding hydrogens is 332 g/mol. The van der Waals surface area contributed by atoms with Crippen LogP contribution in [0.5, 0.6) is 0 Å². The number of aromatic nitrogens is 2. The normalized spacial score (nSPS) is 11.9. The van der Waals surface area contributed by atoms with Crippen molar-refractivity contribution in [2.75, 3.05) is 0 Å². The third-order valence-corrected chi connectivity index (χ3v) is 4.89. The summed E-state index contributed by atoms with van der Waals surface area (Å²) in [4.78, 5) is 11.6. The van der Waals surface area contributed by atoms with Crippen LogP contribution in [0.3, 0.4) is 0 Å². The number of amides is 1. The molecule has 0 fully saturated rings. The molecule has 0 radical (unpaired) electrons. The number of nitrogens with two attached hydrogens (primary N) is 1. The molecule has 5 nitrogen and oxygen atoms in total. The van der Waals surface area contributed by atoms with Crippen molar-refractivity contribution < 1.29 is 4.79 Å². The van der Waals surface area contributed by atoms with Gasteiger partial charge in [0.1, 0.15) is 10.0 Å². The molecule has 2 aromatic carbocycles. The van der Waals surface area contributed by atoms with Gasteiger partial charge in [-0.25, -0.2) is 0 Å². The lowest BCUT2D eigenvalue weighted by atomic mass is 10.0. The van der Waals surface area contributed by atoms with Gasteiger partial charge >= 0.3 is 0 Å². The van der Waals surface area contributed by atoms with Crippen LogP contribution in [0.1, 0.15) is 29.1 Å². The zero-order chi connectivity index (χ0) is 17.6. The van der Waals surface area contributed by atoms with Crippen LogP contribution in [0.15, 0.2) is 54.6 Å². The molecule has 3 rings (SSSR count). The standard InChI is InChI=1S/C19H20N4OS/c1-13(24)21-17(11-14-6-5-7-15(10-14)12-20)19-23-22-18(25-19)16-8-3-2-4-9-16/h2-10,17H,11-12,20H2,1H3,(H,21,24). The number of rotatable bonds is 6. The van der Waals surface area contributed by atoms with Crippen molar-refractivity contribution in [1.82, 2.24) is 15.5 Å². The van der Waals surface area contributed by atoms with E-state index in [4.69, 9.17) is 5.73 Å². The number of benzene rings is 2. The van der Waals surface area contributed by atoms with Gasteiger partial charge < -0.3 is 11.1 Å². The molecular formula is C19H20N4OS. The quantitative estimate of drug-likeness (QED) is 0.714. The van der Waals surface area contributed by atoms with E-state index >= 15 is 0 Å². The lowest BCUT2D eigenvalue weighted by Crippen LogP contribution is -2.27. The Labute approximate surface area is 150 Å². The second-order valence-electron chi connectivity index (χ2n) is 5.79. The summed E-state index contributed by atoms with van der Waals surface area (Å²) in [6, 6.07) is 17.8. The summed E-state index contributed by atoms with van der Waals surface area (Å²) in [5.41, 5.74) is 8.93. The van der Waals surface area contributed by atoms with E-state index in [-0.39, 0.29) is 11.9 Å². The Morgan fingerprint density at radius 1 is 1.12 bits per heavy atom. The molecule has 3 N–H and O–H groups in total. The van der Waals surface area contributed by atoms with E-state index < -0.39 is 0 Å². The second-order valence-corrected chi connectivity index (χ2v) is 6.80. The summed E-state index contributed by atoms with van der Waals surface area (Å²) in [5, 5.41) is 13.2. The molecule has 6 heteroatoms. The van der Waals surface area contributed by atoms with Crippen molar-refractivity contribution >= 4 is 17.2 Å². The van der Waals surface area contributed by atoms with E-state index in [1.54, 1.807) is 0 Å². The number of nitrogens with one attached hydrogen (secondary N) is 1. The van der Waals surface area contributed by atoms with Gasteiger partial charge in [0.25, 0.3) is 0 Å². The highest BCUT2D eigenvalue weighted by Gasteiger charge is 2.19. The van der Waals surface area contributed by atoms with Gasteiger partial charge in [0.2, 0.25) is 5.91 Å². The first kappa shape index (κ1) is 17.3. The van der Waals surface area contributed by atoms with Crippen molar-refractivity contribution in [2.24, 2.45) is 5.73 Å². The summed E-state index contributed by atoms with van der Waals surface area (Å²) < 4.78 is 0. The fourth-order valence-corrected chi connectivity index (χ4v) is 3.54. The maximum absolute atomic E-state index is 11.6. The van der Waals surface area contributed by atoms with E-state index in [2.05, 4.69) is 21.6 Å². The van der Waals surface area contributed by atoms with Crippen molar-refractivity contribution in [2.45, 2.75) is 25.9 Å². The zero-order valence-electron chi connectivity index (χ0n) is 14.0. The fourth-order valence-electron chi connectivity index (χ4n) is 2.64. The molecule has 1 atom stereocenters. The maximum atomic E-state index is 11.6. The molecule has 0 aliphatic heterocycles. The molecule has 0 spiro atoms. The molecule has 3 aromatic rings. The first-order chi connectivity index (χ1) is 12.2. The molecule has 1 unspecified atom stereocenters. The highest BCUT2D eigenvalue weighted by Crippen LogP contribution is 2.28. The predicted octanol–water partition coefficient (Wildman–Crippen LogP) is 3.08. The van der Waals surface area contributed by atoms with Crippen molar-refractivity contribution in [3.05, 3.63) is 70.7 Å². The van der Waals surface area contributed by atoms with Gasteiger partial charge in [0.05, 0.1) is 6.04 Å². The van der Waals surface area contributed by atoms with Crippen LogP contribution in [0.25, 0.3) is 10.6 Å². The van der Waals surface area contributed by atoms with E-state index in [0.717, 1.165) is 26.7 Å². The number of carbonyl (C=O) groups excluding carboxylic acids is 1. The number of carbonyl (C=O) groups is 1. The number of hydrogen-bond donors (Lipinski definition) is 2. The minimum atomic E-state index is -0.208. The number of nitrogens with zero attached hydrogens (tertiary/aromatic N) is 2. The molecule has 1 amide bonds. The summed E-state index contributed by atoms with van der Waals surface area (Å²) >= 11 is 1.50. The fraction of sp³-hybridized carbons (Fsp3) is 0.211. The first-order valence-corrected chi connectivity index (χ1v) is 8.91. The Hall–Kier alpha value is -2.57. The van der Waals surface area contributed by atoms with Gasteiger partial charge in [-0.3, -0.25) is 4.79 Å². The van der Waals surface area contributed by atoms with Crippen molar-refractivity contribution in [3.8, 4) is 10.6 Å². The van der Waals surface area contributed by atoms with Crippen LogP contribution < -0.4 is 11.1 Å². The molecule has 0 saturated heterocycles. The van der Waals surface area contributed by atoms with Crippen LogP contribution in [0.2, 0.25) is 0 Å². The molecule has 0 saturated carbocycles. The Morgan fingerprint density at radius 3 is 2.60 bits per heavy atom. The highest BCUT2D eigenvalue weighted by atomic mass is 32.1. The molecule has 1 aromatic heterocycles. The molecule has 0 aliphatic rings. The van der Waals surface area contributed by atoms with Gasteiger partial charge in [-0.1, -0.05) is 65.9 Å². The predicted molar refractivity (Wildman–Crippen MR) is 99.9 cm³/mol. The van der Waals surface area contributed by atoms with Crippen LogP contribution >= 0.6 is 11.3 Å². The smallest absolute Gasteiger partial charge is 0.217 e. The van der Waals surface area contributed by atoms with Crippen LogP contribution in [0.4, 0.5) is 0 Å². The average Bonchev–Trinajstić information content (AvgIpc) is 3.12.